The monoisotopic (exact) mass is 316 g/mol. The summed E-state index contributed by atoms with van der Waals surface area (Å²) in [6.07, 6.45) is -0.494. The number of benzene rings is 2. The molecular formula is C18H21FN2O2. The predicted molar refractivity (Wildman–Crippen MR) is 89.7 cm³/mol. The number of rotatable bonds is 3. The zero-order valence-electron chi connectivity index (χ0n) is 13.5. The molecule has 2 N–H and O–H groups in total. The number of carbonyl (C=O) groups is 1. The average molecular weight is 316 g/mol. The van der Waals surface area contributed by atoms with Crippen molar-refractivity contribution in [2.24, 2.45) is 0 Å². The van der Waals surface area contributed by atoms with Gasteiger partial charge in [-0.1, -0.05) is 12.1 Å². The van der Waals surface area contributed by atoms with Crippen LogP contribution in [0, 0.1) is 5.82 Å². The van der Waals surface area contributed by atoms with Crippen LogP contribution in [0.5, 0.6) is 0 Å². The fraction of sp³-hybridized carbons (Fsp3) is 0.278. The van der Waals surface area contributed by atoms with Crippen molar-refractivity contribution in [3.8, 4) is 0 Å². The molecule has 5 heteroatoms. The molecule has 0 aliphatic heterocycles. The van der Waals surface area contributed by atoms with E-state index in [1.165, 1.54) is 17.0 Å². The highest BCUT2D eigenvalue weighted by molar-refractivity contribution is 5.87. The molecule has 0 saturated heterocycles. The Hall–Kier alpha value is -2.56. The minimum absolute atomic E-state index is 0.283. The Morgan fingerprint density at radius 2 is 1.83 bits per heavy atom. The van der Waals surface area contributed by atoms with Crippen molar-refractivity contribution in [2.75, 3.05) is 10.6 Å². The van der Waals surface area contributed by atoms with Crippen molar-refractivity contribution in [2.45, 2.75) is 32.9 Å². The van der Waals surface area contributed by atoms with E-state index >= 15 is 0 Å². The molecule has 2 aromatic rings. The molecule has 122 valence electrons. The summed E-state index contributed by atoms with van der Waals surface area (Å²) in [5, 5.41) is 0. The number of anilines is 2. The van der Waals surface area contributed by atoms with Crippen LogP contribution in [0.2, 0.25) is 0 Å². The number of hydrogen-bond acceptors (Lipinski definition) is 3. The molecule has 0 aliphatic carbocycles. The smallest absolute Gasteiger partial charge is 0.415 e. The number of nitrogens with two attached hydrogens (primary N) is 1. The second-order valence-corrected chi connectivity index (χ2v) is 6.29. The highest BCUT2D eigenvalue weighted by atomic mass is 19.1. The van der Waals surface area contributed by atoms with E-state index in [4.69, 9.17) is 10.5 Å². The van der Waals surface area contributed by atoms with Crippen LogP contribution in [-0.4, -0.2) is 11.7 Å². The van der Waals surface area contributed by atoms with Crippen LogP contribution in [-0.2, 0) is 11.3 Å². The Bertz CT molecular complexity index is 678. The predicted octanol–water partition coefficient (Wildman–Crippen LogP) is 4.35. The van der Waals surface area contributed by atoms with Crippen LogP contribution in [0.1, 0.15) is 26.3 Å². The number of nitrogens with zero attached hydrogens (tertiary/aromatic N) is 1. The molecule has 0 fully saturated rings. The molecule has 0 atom stereocenters. The van der Waals surface area contributed by atoms with E-state index in [9.17, 15) is 9.18 Å². The lowest BCUT2D eigenvalue weighted by Gasteiger charge is -2.27. The van der Waals surface area contributed by atoms with Gasteiger partial charge in [0.25, 0.3) is 0 Å². The number of halogens is 1. The number of hydrogen-bond donors (Lipinski definition) is 1. The summed E-state index contributed by atoms with van der Waals surface area (Å²) in [5.74, 6) is -0.359. The Balaban J connectivity index is 2.30. The first-order valence-electron chi connectivity index (χ1n) is 7.35. The number of carbonyl (C=O) groups excluding carboxylic acids is 1. The largest absolute Gasteiger partial charge is 0.443 e. The van der Waals surface area contributed by atoms with Gasteiger partial charge < -0.3 is 10.5 Å². The summed E-state index contributed by atoms with van der Waals surface area (Å²) >= 11 is 0. The molecule has 0 radical (unpaired) electrons. The van der Waals surface area contributed by atoms with Gasteiger partial charge in [-0.2, -0.15) is 0 Å². The van der Waals surface area contributed by atoms with Gasteiger partial charge in [0.05, 0.1) is 6.54 Å². The van der Waals surface area contributed by atoms with Gasteiger partial charge in [-0.25, -0.2) is 9.18 Å². The maximum Gasteiger partial charge on any atom is 0.415 e. The molecule has 2 rings (SSSR count). The summed E-state index contributed by atoms with van der Waals surface area (Å²) < 4.78 is 18.6. The normalized spacial score (nSPS) is 11.1. The molecule has 0 unspecified atom stereocenters. The van der Waals surface area contributed by atoms with E-state index in [1.807, 2.05) is 12.1 Å². The van der Waals surface area contributed by atoms with Gasteiger partial charge in [0, 0.05) is 11.4 Å². The van der Waals surface area contributed by atoms with E-state index in [2.05, 4.69) is 0 Å². The lowest BCUT2D eigenvalue weighted by Crippen LogP contribution is -2.36. The Morgan fingerprint density at radius 1 is 1.17 bits per heavy atom. The van der Waals surface area contributed by atoms with E-state index in [0.717, 1.165) is 5.56 Å². The van der Waals surface area contributed by atoms with Crippen molar-refractivity contribution in [1.82, 2.24) is 0 Å². The molecule has 0 spiro atoms. The van der Waals surface area contributed by atoms with Crippen molar-refractivity contribution in [1.29, 1.82) is 0 Å². The van der Waals surface area contributed by atoms with Crippen molar-refractivity contribution >= 4 is 17.5 Å². The van der Waals surface area contributed by atoms with Gasteiger partial charge in [-0.15, -0.1) is 0 Å². The highest BCUT2D eigenvalue weighted by Crippen LogP contribution is 2.22. The third kappa shape index (κ3) is 4.98. The van der Waals surface area contributed by atoms with Gasteiger partial charge >= 0.3 is 6.09 Å². The van der Waals surface area contributed by atoms with Gasteiger partial charge in [0.2, 0.25) is 0 Å². The average Bonchev–Trinajstić information content (AvgIpc) is 2.44. The molecular weight excluding hydrogens is 295 g/mol. The van der Waals surface area contributed by atoms with Crippen LogP contribution >= 0.6 is 0 Å². The molecule has 2 aromatic carbocycles. The third-order valence-corrected chi connectivity index (χ3v) is 3.04. The van der Waals surface area contributed by atoms with Gasteiger partial charge in [0.1, 0.15) is 11.4 Å². The standard InChI is InChI=1S/C18H21FN2O2/c1-18(2,3)23-17(22)21(16-9-7-14(19)8-10-16)12-13-5-4-6-15(20)11-13/h4-11H,12,20H2,1-3H3. The lowest BCUT2D eigenvalue weighted by atomic mass is 10.1. The number of nitrogen functional groups attached to an aromatic ring is 1. The molecule has 0 heterocycles. The van der Waals surface area contributed by atoms with E-state index < -0.39 is 11.7 Å². The van der Waals surface area contributed by atoms with E-state index in [1.54, 1.807) is 45.0 Å². The molecule has 0 aliphatic rings. The van der Waals surface area contributed by atoms with Gasteiger partial charge in [-0.05, 0) is 62.7 Å². The summed E-state index contributed by atoms with van der Waals surface area (Å²) in [5.41, 5.74) is 7.20. The lowest BCUT2D eigenvalue weighted by molar-refractivity contribution is 0.0577. The minimum atomic E-state index is -0.620. The fourth-order valence-electron chi connectivity index (χ4n) is 2.07. The second-order valence-electron chi connectivity index (χ2n) is 6.29. The molecule has 4 nitrogen and oxygen atoms in total. The summed E-state index contributed by atoms with van der Waals surface area (Å²) in [4.78, 5) is 14.0. The fourth-order valence-corrected chi connectivity index (χ4v) is 2.07. The molecule has 0 saturated carbocycles. The van der Waals surface area contributed by atoms with Crippen molar-refractivity contribution in [3.63, 3.8) is 0 Å². The quantitative estimate of drug-likeness (QED) is 0.857. The zero-order valence-corrected chi connectivity index (χ0v) is 13.5. The summed E-state index contributed by atoms with van der Waals surface area (Å²) in [6, 6.07) is 13.0. The first kappa shape index (κ1) is 16.8. The highest BCUT2D eigenvalue weighted by Gasteiger charge is 2.23. The third-order valence-electron chi connectivity index (χ3n) is 3.04. The Labute approximate surface area is 135 Å². The number of ether oxygens (including phenoxy) is 1. The van der Waals surface area contributed by atoms with Crippen LogP contribution in [0.15, 0.2) is 48.5 Å². The molecule has 0 bridgehead atoms. The van der Waals surface area contributed by atoms with Crippen molar-refractivity contribution in [3.05, 3.63) is 59.9 Å². The summed E-state index contributed by atoms with van der Waals surface area (Å²) in [7, 11) is 0. The van der Waals surface area contributed by atoms with Crippen LogP contribution in [0.25, 0.3) is 0 Å². The topological polar surface area (TPSA) is 55.6 Å². The first-order valence-corrected chi connectivity index (χ1v) is 7.35. The maximum absolute atomic E-state index is 13.2. The Morgan fingerprint density at radius 3 is 2.39 bits per heavy atom. The minimum Gasteiger partial charge on any atom is -0.443 e. The second kappa shape index (κ2) is 6.69. The summed E-state index contributed by atoms with van der Waals surface area (Å²) in [6.45, 7) is 5.68. The van der Waals surface area contributed by atoms with Crippen LogP contribution in [0.4, 0.5) is 20.6 Å². The zero-order chi connectivity index (χ0) is 17.0. The molecule has 0 aromatic heterocycles. The van der Waals surface area contributed by atoms with Crippen LogP contribution in [0.3, 0.4) is 0 Å². The van der Waals surface area contributed by atoms with Crippen molar-refractivity contribution < 1.29 is 13.9 Å². The van der Waals surface area contributed by atoms with Gasteiger partial charge in [0.15, 0.2) is 0 Å². The SMILES string of the molecule is CC(C)(C)OC(=O)N(Cc1cccc(N)c1)c1ccc(F)cc1. The first-order chi connectivity index (χ1) is 10.7. The van der Waals surface area contributed by atoms with E-state index in [-0.39, 0.29) is 12.4 Å². The maximum atomic E-state index is 13.2. The van der Waals surface area contributed by atoms with E-state index in [0.29, 0.717) is 11.4 Å². The molecule has 1 amide bonds. The molecule has 23 heavy (non-hydrogen) atoms. The van der Waals surface area contributed by atoms with Crippen LogP contribution < -0.4 is 10.6 Å². The Kier molecular flexibility index (Phi) is 4.89. The van der Waals surface area contributed by atoms with Gasteiger partial charge in [-0.3, -0.25) is 4.90 Å². The number of amides is 1.